The lowest BCUT2D eigenvalue weighted by atomic mass is 10.2. The monoisotopic (exact) mass is 487 g/mol. The lowest BCUT2D eigenvalue weighted by Gasteiger charge is -2.06. The van der Waals surface area contributed by atoms with Crippen LogP contribution < -0.4 is 20.1 Å². The highest BCUT2D eigenvalue weighted by Gasteiger charge is 2.14. The highest BCUT2D eigenvalue weighted by molar-refractivity contribution is 5.94. The Balaban J connectivity index is 1.51. The van der Waals surface area contributed by atoms with Crippen molar-refractivity contribution in [3.8, 4) is 11.5 Å². The summed E-state index contributed by atoms with van der Waals surface area (Å²) < 4.78 is 24.7. The molecule has 0 bridgehead atoms. The summed E-state index contributed by atoms with van der Waals surface area (Å²) in [5.74, 6) is 1.37. The molecule has 0 aliphatic carbocycles. The summed E-state index contributed by atoms with van der Waals surface area (Å²) >= 11 is 0. The van der Waals surface area contributed by atoms with Crippen molar-refractivity contribution in [1.29, 1.82) is 0 Å². The van der Waals surface area contributed by atoms with Gasteiger partial charge in [-0.15, -0.1) is 5.10 Å². The van der Waals surface area contributed by atoms with Crippen molar-refractivity contribution in [3.63, 3.8) is 0 Å². The Morgan fingerprint density at radius 1 is 0.861 bits per heavy atom. The molecule has 0 aliphatic heterocycles. The molecular weight excluding hydrogens is 461 g/mol. The number of anilines is 2. The van der Waals surface area contributed by atoms with E-state index in [1.54, 1.807) is 32.4 Å². The van der Waals surface area contributed by atoms with Crippen LogP contribution in [-0.2, 0) is 13.1 Å². The largest absolute Gasteiger partial charge is 0.497 e. The Hall–Kier alpha value is -4.66. The summed E-state index contributed by atoms with van der Waals surface area (Å²) in [4.78, 5) is 17.4. The maximum atomic E-state index is 13.2. The number of nitrogens with zero attached hydrogens (tertiary/aromatic N) is 3. The van der Waals surface area contributed by atoms with Gasteiger partial charge in [0, 0.05) is 19.2 Å². The van der Waals surface area contributed by atoms with E-state index in [0.717, 1.165) is 22.6 Å². The number of benzene rings is 3. The minimum absolute atomic E-state index is 0.289. The molecule has 0 saturated carbocycles. The third-order valence-corrected chi connectivity index (χ3v) is 5.32. The van der Waals surface area contributed by atoms with Crippen LogP contribution in [-0.4, -0.2) is 34.9 Å². The van der Waals surface area contributed by atoms with E-state index in [0.29, 0.717) is 24.6 Å². The van der Waals surface area contributed by atoms with Crippen LogP contribution in [0.15, 0.2) is 78.9 Å². The molecule has 2 N–H and O–H groups in total. The normalized spacial score (nSPS) is 10.9. The highest BCUT2D eigenvalue weighted by Crippen LogP contribution is 2.16. The molecule has 4 aromatic rings. The van der Waals surface area contributed by atoms with Crippen molar-refractivity contribution in [2.24, 2.45) is 0 Å². The molecule has 0 saturated heterocycles. The molecule has 0 fully saturated rings. The van der Waals surface area contributed by atoms with Crippen molar-refractivity contribution in [2.75, 3.05) is 24.9 Å². The van der Waals surface area contributed by atoms with E-state index in [2.05, 4.69) is 20.7 Å². The van der Waals surface area contributed by atoms with Gasteiger partial charge in [-0.25, -0.2) is 4.39 Å². The molecular formula is C27H26FN5O3. The van der Waals surface area contributed by atoms with Crippen LogP contribution >= 0.6 is 0 Å². The number of hydrogen-bond acceptors (Lipinski definition) is 7. The van der Waals surface area contributed by atoms with E-state index in [1.165, 1.54) is 22.9 Å². The molecule has 0 aliphatic rings. The van der Waals surface area contributed by atoms with Crippen LogP contribution in [0.3, 0.4) is 0 Å². The number of hydrogen-bond donors (Lipinski definition) is 2. The molecule has 36 heavy (non-hydrogen) atoms. The number of allylic oxidation sites excluding steroid dienone is 1. The smallest absolute Gasteiger partial charge is 0.274 e. The van der Waals surface area contributed by atoms with Gasteiger partial charge in [0.1, 0.15) is 17.3 Å². The Labute approximate surface area is 208 Å². The van der Waals surface area contributed by atoms with Crippen LogP contribution in [0.4, 0.5) is 16.3 Å². The summed E-state index contributed by atoms with van der Waals surface area (Å²) in [6.07, 6.45) is 2.97. The van der Waals surface area contributed by atoms with E-state index < -0.39 is 5.91 Å². The van der Waals surface area contributed by atoms with E-state index in [1.807, 2.05) is 48.5 Å². The van der Waals surface area contributed by atoms with Crippen LogP contribution in [0.5, 0.6) is 11.5 Å². The van der Waals surface area contributed by atoms with Gasteiger partial charge in [-0.3, -0.25) is 4.79 Å². The number of nitrogens with one attached hydrogen (secondary N) is 2. The second-order valence-corrected chi connectivity index (χ2v) is 7.80. The van der Waals surface area contributed by atoms with Gasteiger partial charge in [-0.2, -0.15) is 9.67 Å². The maximum Gasteiger partial charge on any atom is 0.274 e. The third-order valence-electron chi connectivity index (χ3n) is 5.32. The Bertz CT molecular complexity index is 1320. The average Bonchev–Trinajstić information content (AvgIpc) is 3.34. The van der Waals surface area contributed by atoms with Gasteiger partial charge >= 0.3 is 0 Å². The van der Waals surface area contributed by atoms with Gasteiger partial charge in [0.25, 0.3) is 5.91 Å². The molecule has 9 heteroatoms. The van der Waals surface area contributed by atoms with Crippen molar-refractivity contribution >= 4 is 23.9 Å². The predicted molar refractivity (Wildman–Crippen MR) is 137 cm³/mol. The van der Waals surface area contributed by atoms with Gasteiger partial charge in [-0.05, 0) is 59.2 Å². The van der Waals surface area contributed by atoms with Crippen molar-refractivity contribution in [2.45, 2.75) is 13.1 Å². The van der Waals surface area contributed by atoms with Gasteiger partial charge < -0.3 is 20.1 Å². The number of aromatic nitrogens is 3. The topological polar surface area (TPSA) is 90.3 Å². The number of carbonyl (C=O) groups excluding carboxylic acids is 1. The zero-order chi connectivity index (χ0) is 25.3. The number of halogens is 1. The fourth-order valence-corrected chi connectivity index (χ4v) is 3.32. The zero-order valence-corrected chi connectivity index (χ0v) is 19.9. The molecule has 1 heterocycles. The molecule has 0 unspecified atom stereocenters. The molecule has 0 atom stereocenters. The van der Waals surface area contributed by atoms with Crippen LogP contribution in [0.25, 0.3) is 6.08 Å². The summed E-state index contributed by atoms with van der Waals surface area (Å²) in [7, 11) is 3.23. The van der Waals surface area contributed by atoms with Crippen LogP contribution in [0.2, 0.25) is 0 Å². The quantitative estimate of drug-likeness (QED) is 0.304. The van der Waals surface area contributed by atoms with E-state index in [-0.39, 0.29) is 11.8 Å². The second-order valence-electron chi connectivity index (χ2n) is 7.80. The molecule has 3 aromatic carbocycles. The van der Waals surface area contributed by atoms with Crippen molar-refractivity contribution in [3.05, 3.63) is 101 Å². The lowest BCUT2D eigenvalue weighted by Crippen LogP contribution is -2.14. The van der Waals surface area contributed by atoms with Crippen LogP contribution in [0.1, 0.15) is 21.5 Å². The summed E-state index contributed by atoms with van der Waals surface area (Å²) in [6.45, 7) is 0.890. The van der Waals surface area contributed by atoms with E-state index in [9.17, 15) is 9.18 Å². The van der Waals surface area contributed by atoms with Gasteiger partial charge in [-0.1, -0.05) is 36.4 Å². The van der Waals surface area contributed by atoms with E-state index >= 15 is 0 Å². The Kier molecular flexibility index (Phi) is 7.92. The second kappa shape index (κ2) is 11.7. The van der Waals surface area contributed by atoms with Crippen molar-refractivity contribution < 1.29 is 18.7 Å². The molecule has 1 aromatic heterocycles. The zero-order valence-electron chi connectivity index (χ0n) is 19.9. The minimum Gasteiger partial charge on any atom is -0.497 e. The van der Waals surface area contributed by atoms with E-state index in [4.69, 9.17) is 9.47 Å². The number of methoxy groups -OCH3 is 2. The Morgan fingerprint density at radius 2 is 1.42 bits per heavy atom. The molecule has 4 rings (SSSR count). The molecule has 0 spiro atoms. The predicted octanol–water partition coefficient (Wildman–Crippen LogP) is 5.01. The Morgan fingerprint density at radius 3 is 1.97 bits per heavy atom. The minimum atomic E-state index is -0.401. The third kappa shape index (κ3) is 6.47. The standard InChI is InChI=1S/C27H26FN5O3/c1-35-23-12-5-20(6-13-23)17-29-26-31-27(30-18-21-7-14-24(36-2)15-8-21)33(32-26)25(34)16-9-19-3-10-22(28)11-4-19/h3-16H,17-18H2,1-2H3,(H2,29,30,31,32). The van der Waals surface area contributed by atoms with Crippen LogP contribution in [0, 0.1) is 5.82 Å². The molecule has 184 valence electrons. The maximum absolute atomic E-state index is 13.2. The first kappa shape index (κ1) is 24.5. The molecule has 0 amide bonds. The average molecular weight is 488 g/mol. The number of rotatable bonds is 10. The summed E-state index contributed by atoms with van der Waals surface area (Å²) in [5, 5.41) is 10.7. The SMILES string of the molecule is COc1ccc(CNc2nc(NCc3ccc(OC)cc3)n(C(=O)C=Cc3ccc(F)cc3)n2)cc1. The lowest BCUT2D eigenvalue weighted by molar-refractivity contribution is 0.0957. The van der Waals surface area contributed by atoms with Gasteiger partial charge in [0.15, 0.2) is 0 Å². The first-order valence-electron chi connectivity index (χ1n) is 11.2. The highest BCUT2D eigenvalue weighted by atomic mass is 19.1. The molecule has 0 radical (unpaired) electrons. The first-order valence-corrected chi connectivity index (χ1v) is 11.2. The number of ether oxygens (including phenoxy) is 2. The fraction of sp³-hybridized carbons (Fsp3) is 0.148. The van der Waals surface area contributed by atoms with Gasteiger partial charge in [0.05, 0.1) is 14.2 Å². The number of carbonyl (C=O) groups is 1. The fourth-order valence-electron chi connectivity index (χ4n) is 3.32. The van der Waals surface area contributed by atoms with Crippen molar-refractivity contribution in [1.82, 2.24) is 14.8 Å². The first-order chi connectivity index (χ1) is 17.5. The summed E-state index contributed by atoms with van der Waals surface area (Å²) in [6, 6.07) is 21.0. The molecule has 8 nitrogen and oxygen atoms in total. The summed E-state index contributed by atoms with van der Waals surface area (Å²) in [5.41, 5.74) is 2.67. The van der Waals surface area contributed by atoms with Gasteiger partial charge in [0.2, 0.25) is 11.9 Å².